The third kappa shape index (κ3) is 3.01. The molecular weight excluding hydrogens is 295 g/mol. The number of benzene rings is 2. The van der Waals surface area contributed by atoms with Crippen LogP contribution in [0.15, 0.2) is 40.9 Å². The fraction of sp³-hybridized carbons (Fsp3) is 0.143. The fourth-order valence-electron chi connectivity index (χ4n) is 1.82. The van der Waals surface area contributed by atoms with Gasteiger partial charge in [0.1, 0.15) is 5.82 Å². The number of nitrogens with one attached hydrogen (secondary N) is 1. The van der Waals surface area contributed by atoms with Gasteiger partial charge in [-0.1, -0.05) is 22.9 Å². The second kappa shape index (κ2) is 5.40. The third-order valence-electron chi connectivity index (χ3n) is 2.65. The summed E-state index contributed by atoms with van der Waals surface area (Å²) in [5.74, 6) is -0.340. The van der Waals surface area contributed by atoms with Crippen molar-refractivity contribution in [3.63, 3.8) is 0 Å². The second-order valence-electron chi connectivity index (χ2n) is 4.05. The predicted molar refractivity (Wildman–Crippen MR) is 77.6 cm³/mol. The Morgan fingerprint density at radius 2 is 2.00 bits per heavy atom. The highest BCUT2D eigenvalue weighted by molar-refractivity contribution is 9.10. The first-order valence-corrected chi connectivity index (χ1v) is 6.49. The van der Waals surface area contributed by atoms with E-state index in [1.165, 1.54) is 12.1 Å². The fourth-order valence-corrected chi connectivity index (χ4v) is 2.23. The Morgan fingerprint density at radius 1 is 1.22 bits per heavy atom. The molecule has 0 aliphatic carbocycles. The molecule has 2 aromatic rings. The van der Waals surface area contributed by atoms with Crippen LogP contribution in [0.4, 0.5) is 21.5 Å². The molecule has 0 unspecified atom stereocenters. The molecule has 0 aliphatic heterocycles. The lowest BCUT2D eigenvalue weighted by Gasteiger charge is -2.12. The summed E-state index contributed by atoms with van der Waals surface area (Å²) >= 11 is 3.44. The molecule has 18 heavy (non-hydrogen) atoms. The number of hydrogen-bond acceptors (Lipinski definition) is 2. The van der Waals surface area contributed by atoms with Crippen molar-refractivity contribution in [2.45, 2.75) is 13.3 Å². The van der Waals surface area contributed by atoms with Crippen LogP contribution < -0.4 is 11.1 Å². The van der Waals surface area contributed by atoms with Crippen molar-refractivity contribution in [3.05, 3.63) is 52.3 Å². The van der Waals surface area contributed by atoms with E-state index in [0.29, 0.717) is 11.4 Å². The molecule has 0 fully saturated rings. The van der Waals surface area contributed by atoms with Crippen molar-refractivity contribution >= 4 is 33.0 Å². The Labute approximate surface area is 114 Å². The Hall–Kier alpha value is -1.55. The van der Waals surface area contributed by atoms with Crippen LogP contribution >= 0.6 is 15.9 Å². The molecule has 0 saturated heterocycles. The van der Waals surface area contributed by atoms with Crippen LogP contribution in [0.5, 0.6) is 0 Å². The zero-order valence-corrected chi connectivity index (χ0v) is 11.6. The highest BCUT2D eigenvalue weighted by atomic mass is 79.9. The lowest BCUT2D eigenvalue weighted by molar-refractivity contribution is 0.629. The first kappa shape index (κ1) is 12.9. The van der Waals surface area contributed by atoms with Crippen molar-refractivity contribution in [2.24, 2.45) is 0 Å². The van der Waals surface area contributed by atoms with Gasteiger partial charge in [0, 0.05) is 21.5 Å². The lowest BCUT2D eigenvalue weighted by atomic mass is 10.1. The molecule has 4 heteroatoms. The average molecular weight is 309 g/mol. The predicted octanol–water partition coefficient (Wildman–Crippen LogP) is 4.48. The van der Waals surface area contributed by atoms with E-state index in [-0.39, 0.29) is 5.82 Å². The molecule has 0 heterocycles. The molecule has 0 atom stereocenters. The van der Waals surface area contributed by atoms with Crippen LogP contribution in [-0.4, -0.2) is 0 Å². The van der Waals surface area contributed by atoms with E-state index in [4.69, 9.17) is 5.73 Å². The van der Waals surface area contributed by atoms with Gasteiger partial charge in [0.15, 0.2) is 0 Å². The number of nitrogens with two attached hydrogens (primary N) is 1. The monoisotopic (exact) mass is 308 g/mol. The van der Waals surface area contributed by atoms with Gasteiger partial charge in [-0.25, -0.2) is 4.39 Å². The summed E-state index contributed by atoms with van der Waals surface area (Å²) < 4.78 is 14.3. The molecule has 94 valence electrons. The minimum absolute atomic E-state index is 0.340. The number of hydrogen-bond donors (Lipinski definition) is 2. The van der Waals surface area contributed by atoms with E-state index in [2.05, 4.69) is 28.2 Å². The van der Waals surface area contributed by atoms with Crippen molar-refractivity contribution in [1.29, 1.82) is 0 Å². The quantitative estimate of drug-likeness (QED) is 0.821. The van der Waals surface area contributed by atoms with Gasteiger partial charge >= 0.3 is 0 Å². The number of rotatable bonds is 3. The van der Waals surface area contributed by atoms with E-state index >= 15 is 0 Å². The van der Waals surface area contributed by atoms with E-state index in [1.54, 1.807) is 6.07 Å². The summed E-state index contributed by atoms with van der Waals surface area (Å²) in [7, 11) is 0. The minimum Gasteiger partial charge on any atom is -0.399 e. The number of aryl methyl sites for hydroxylation is 1. The Morgan fingerprint density at radius 3 is 2.67 bits per heavy atom. The van der Waals surface area contributed by atoms with Gasteiger partial charge in [-0.2, -0.15) is 0 Å². The number of halogens is 2. The maximum Gasteiger partial charge on any atom is 0.127 e. The Kier molecular flexibility index (Phi) is 3.87. The van der Waals surface area contributed by atoms with Crippen molar-refractivity contribution in [3.8, 4) is 0 Å². The lowest BCUT2D eigenvalue weighted by Crippen LogP contribution is -1.97. The summed E-state index contributed by atoms with van der Waals surface area (Å²) in [6.07, 6.45) is 0.895. The molecule has 0 aliphatic rings. The van der Waals surface area contributed by atoms with Gasteiger partial charge in [-0.05, 0) is 48.4 Å². The summed E-state index contributed by atoms with van der Waals surface area (Å²) in [6.45, 7) is 2.08. The smallest absolute Gasteiger partial charge is 0.127 e. The zero-order valence-electron chi connectivity index (χ0n) is 10.0. The van der Waals surface area contributed by atoms with Gasteiger partial charge in [0.05, 0.1) is 0 Å². The van der Waals surface area contributed by atoms with E-state index in [9.17, 15) is 4.39 Å². The van der Waals surface area contributed by atoms with Gasteiger partial charge in [-0.15, -0.1) is 0 Å². The molecule has 0 aromatic heterocycles. The van der Waals surface area contributed by atoms with Gasteiger partial charge in [0.25, 0.3) is 0 Å². The van der Waals surface area contributed by atoms with Gasteiger partial charge in [0.2, 0.25) is 0 Å². The maximum atomic E-state index is 13.2. The number of nitrogen functional groups attached to an aromatic ring is 1. The van der Waals surface area contributed by atoms with Crippen molar-refractivity contribution < 1.29 is 4.39 Å². The van der Waals surface area contributed by atoms with Gasteiger partial charge < -0.3 is 11.1 Å². The highest BCUT2D eigenvalue weighted by Crippen LogP contribution is 2.26. The van der Waals surface area contributed by atoms with Crippen LogP contribution in [0.2, 0.25) is 0 Å². The standard InChI is InChI=1S/C14H14BrFN2/c1-2-9-5-10(15)3-4-14(9)18-13-7-11(16)6-12(17)8-13/h3-8,18H,2,17H2,1H3. The Balaban J connectivity index is 2.33. The van der Waals surface area contributed by atoms with Crippen LogP contribution in [0.1, 0.15) is 12.5 Å². The molecule has 0 spiro atoms. The molecule has 0 radical (unpaired) electrons. The molecule has 3 N–H and O–H groups in total. The summed E-state index contributed by atoms with van der Waals surface area (Å²) in [5.41, 5.74) is 8.81. The minimum atomic E-state index is -0.340. The Bertz CT molecular complexity index is 549. The summed E-state index contributed by atoms with van der Waals surface area (Å²) in [5, 5.41) is 3.19. The molecule has 0 amide bonds. The van der Waals surface area contributed by atoms with Crippen molar-refractivity contribution in [2.75, 3.05) is 11.1 Å². The zero-order chi connectivity index (χ0) is 13.1. The molecular formula is C14H14BrFN2. The van der Waals surface area contributed by atoms with Crippen LogP contribution in [0.25, 0.3) is 0 Å². The largest absolute Gasteiger partial charge is 0.399 e. The molecule has 2 rings (SSSR count). The van der Waals surface area contributed by atoms with Gasteiger partial charge in [-0.3, -0.25) is 0 Å². The third-order valence-corrected chi connectivity index (χ3v) is 3.14. The van der Waals surface area contributed by atoms with Crippen molar-refractivity contribution in [1.82, 2.24) is 0 Å². The average Bonchev–Trinajstić information content (AvgIpc) is 2.30. The van der Waals surface area contributed by atoms with Crippen LogP contribution in [0.3, 0.4) is 0 Å². The normalized spacial score (nSPS) is 10.4. The van der Waals surface area contributed by atoms with E-state index in [1.807, 2.05) is 18.2 Å². The second-order valence-corrected chi connectivity index (χ2v) is 4.97. The summed E-state index contributed by atoms with van der Waals surface area (Å²) in [6, 6.07) is 10.4. The number of anilines is 3. The molecule has 2 nitrogen and oxygen atoms in total. The first-order chi connectivity index (χ1) is 8.58. The molecule has 0 bridgehead atoms. The first-order valence-electron chi connectivity index (χ1n) is 5.70. The maximum absolute atomic E-state index is 13.2. The molecule has 2 aromatic carbocycles. The highest BCUT2D eigenvalue weighted by Gasteiger charge is 2.04. The SMILES string of the molecule is CCc1cc(Br)ccc1Nc1cc(N)cc(F)c1. The summed E-state index contributed by atoms with van der Waals surface area (Å²) in [4.78, 5) is 0. The van der Waals surface area contributed by atoms with Crippen LogP contribution in [-0.2, 0) is 6.42 Å². The topological polar surface area (TPSA) is 38.0 Å². The van der Waals surface area contributed by atoms with E-state index < -0.39 is 0 Å². The van der Waals surface area contributed by atoms with Crippen LogP contribution in [0, 0.1) is 5.82 Å². The molecule has 0 saturated carbocycles. The van der Waals surface area contributed by atoms with E-state index in [0.717, 1.165) is 22.1 Å².